The molecule has 92 valence electrons. The van der Waals surface area contributed by atoms with Crippen LogP contribution in [0.3, 0.4) is 0 Å². The first kappa shape index (κ1) is 11.8. The molecule has 0 amide bonds. The van der Waals surface area contributed by atoms with Crippen molar-refractivity contribution in [3.8, 4) is 0 Å². The molecule has 0 radical (unpaired) electrons. The monoisotopic (exact) mass is 255 g/mol. The van der Waals surface area contributed by atoms with E-state index in [-0.39, 0.29) is 0 Å². The van der Waals surface area contributed by atoms with Crippen LogP contribution in [-0.4, -0.2) is 5.75 Å². The zero-order chi connectivity index (χ0) is 12.4. The summed E-state index contributed by atoms with van der Waals surface area (Å²) in [6, 6.07) is 18.0. The molecule has 1 atom stereocenters. The topological polar surface area (TPSA) is 12.0 Å². The molecule has 0 fully saturated rings. The lowest BCUT2D eigenvalue weighted by Crippen LogP contribution is -2.20. The number of hydrogen-bond acceptors (Lipinski definition) is 2. The average Bonchev–Trinajstić information content (AvgIpc) is 2.82. The summed E-state index contributed by atoms with van der Waals surface area (Å²) in [5.41, 5.74) is 4.13. The van der Waals surface area contributed by atoms with Gasteiger partial charge in [0.2, 0.25) is 0 Å². The molecule has 1 N–H and O–H groups in total. The van der Waals surface area contributed by atoms with E-state index in [1.807, 2.05) is 11.8 Å². The second kappa shape index (κ2) is 5.17. The highest BCUT2D eigenvalue weighted by Crippen LogP contribution is 2.37. The van der Waals surface area contributed by atoms with E-state index in [0.717, 1.165) is 12.3 Å². The molecule has 1 nitrogen and oxygen atoms in total. The maximum Gasteiger partial charge on any atom is 0.0429 e. The molecule has 2 aromatic carbocycles. The molecule has 0 saturated carbocycles. The fourth-order valence-electron chi connectivity index (χ4n) is 2.28. The van der Waals surface area contributed by atoms with Crippen LogP contribution in [0.2, 0.25) is 0 Å². The van der Waals surface area contributed by atoms with E-state index >= 15 is 0 Å². The van der Waals surface area contributed by atoms with E-state index in [1.165, 1.54) is 21.6 Å². The number of aryl methyl sites for hydroxylation is 1. The van der Waals surface area contributed by atoms with Gasteiger partial charge in [0.05, 0.1) is 0 Å². The highest BCUT2D eigenvalue weighted by Gasteiger charge is 2.21. The number of benzene rings is 2. The van der Waals surface area contributed by atoms with E-state index < -0.39 is 0 Å². The molecule has 2 aromatic rings. The summed E-state index contributed by atoms with van der Waals surface area (Å²) < 4.78 is 0. The van der Waals surface area contributed by atoms with Gasteiger partial charge < -0.3 is 5.32 Å². The number of thioether (sulfide) groups is 1. The lowest BCUT2D eigenvalue weighted by atomic mass is 10.1. The van der Waals surface area contributed by atoms with Gasteiger partial charge in [-0.1, -0.05) is 48.0 Å². The van der Waals surface area contributed by atoms with Crippen molar-refractivity contribution < 1.29 is 0 Å². The number of rotatable bonds is 3. The van der Waals surface area contributed by atoms with Crippen LogP contribution in [-0.2, 0) is 6.54 Å². The van der Waals surface area contributed by atoms with Gasteiger partial charge in [-0.3, -0.25) is 0 Å². The van der Waals surface area contributed by atoms with E-state index in [4.69, 9.17) is 0 Å². The largest absolute Gasteiger partial charge is 0.305 e. The number of nitrogens with one attached hydrogen (secondary N) is 1. The second-order valence-electron chi connectivity index (χ2n) is 4.77. The molecule has 2 heteroatoms. The predicted octanol–water partition coefficient (Wildman–Crippen LogP) is 3.93. The minimum absolute atomic E-state index is 0.493. The lowest BCUT2D eigenvalue weighted by Gasteiger charge is -2.13. The van der Waals surface area contributed by atoms with Crippen LogP contribution in [0.4, 0.5) is 0 Å². The lowest BCUT2D eigenvalue weighted by molar-refractivity contribution is 0.584. The summed E-state index contributed by atoms with van der Waals surface area (Å²) in [6.45, 7) is 3.07. The molecule has 1 unspecified atom stereocenters. The van der Waals surface area contributed by atoms with Crippen molar-refractivity contribution in [2.24, 2.45) is 0 Å². The van der Waals surface area contributed by atoms with E-state index in [1.54, 1.807) is 0 Å². The SMILES string of the molecule is Cc1ccc(CNC2CSc3ccccc32)cc1. The molecule has 0 aliphatic carbocycles. The van der Waals surface area contributed by atoms with Gasteiger partial charge in [0, 0.05) is 23.2 Å². The molecule has 1 aliphatic heterocycles. The van der Waals surface area contributed by atoms with Crippen LogP contribution in [0, 0.1) is 6.92 Å². The minimum Gasteiger partial charge on any atom is -0.305 e. The summed E-state index contributed by atoms with van der Waals surface area (Å²) in [6.07, 6.45) is 0. The molecule has 1 aliphatic rings. The van der Waals surface area contributed by atoms with Crippen molar-refractivity contribution in [2.75, 3.05) is 5.75 Å². The molecule has 0 aromatic heterocycles. The maximum absolute atomic E-state index is 3.65. The molecule has 1 heterocycles. The number of fused-ring (bicyclic) bond motifs is 1. The van der Waals surface area contributed by atoms with Crippen molar-refractivity contribution in [3.05, 3.63) is 65.2 Å². The molecule has 18 heavy (non-hydrogen) atoms. The van der Waals surface area contributed by atoms with E-state index in [2.05, 4.69) is 60.8 Å². The summed E-state index contributed by atoms with van der Waals surface area (Å²) in [5.74, 6) is 1.14. The normalized spacial score (nSPS) is 17.7. The van der Waals surface area contributed by atoms with Gasteiger partial charge in [0.15, 0.2) is 0 Å². The Morgan fingerprint density at radius 2 is 1.89 bits per heavy atom. The van der Waals surface area contributed by atoms with Crippen LogP contribution in [0.1, 0.15) is 22.7 Å². The van der Waals surface area contributed by atoms with Crippen LogP contribution >= 0.6 is 11.8 Å². The summed E-state index contributed by atoms with van der Waals surface area (Å²) in [5, 5.41) is 3.65. The Balaban J connectivity index is 1.67. The van der Waals surface area contributed by atoms with Crippen molar-refractivity contribution in [3.63, 3.8) is 0 Å². The van der Waals surface area contributed by atoms with Gasteiger partial charge in [0.1, 0.15) is 0 Å². The summed E-state index contributed by atoms with van der Waals surface area (Å²) in [4.78, 5) is 1.43. The van der Waals surface area contributed by atoms with Gasteiger partial charge >= 0.3 is 0 Å². The predicted molar refractivity (Wildman–Crippen MR) is 77.9 cm³/mol. The first-order valence-electron chi connectivity index (χ1n) is 6.33. The van der Waals surface area contributed by atoms with E-state index in [0.29, 0.717) is 6.04 Å². The Hall–Kier alpha value is -1.25. The van der Waals surface area contributed by atoms with Crippen molar-refractivity contribution in [1.82, 2.24) is 5.32 Å². The third-order valence-corrected chi connectivity index (χ3v) is 4.56. The number of hydrogen-bond donors (Lipinski definition) is 1. The highest BCUT2D eigenvalue weighted by atomic mass is 32.2. The Labute approximate surface area is 113 Å². The van der Waals surface area contributed by atoms with E-state index in [9.17, 15) is 0 Å². The Morgan fingerprint density at radius 1 is 1.11 bits per heavy atom. The van der Waals surface area contributed by atoms with Crippen molar-refractivity contribution in [1.29, 1.82) is 0 Å². The summed E-state index contributed by atoms with van der Waals surface area (Å²) >= 11 is 1.95. The van der Waals surface area contributed by atoms with Gasteiger partial charge in [-0.25, -0.2) is 0 Å². The molecular formula is C16H17NS. The Morgan fingerprint density at radius 3 is 2.72 bits per heavy atom. The minimum atomic E-state index is 0.493. The zero-order valence-corrected chi connectivity index (χ0v) is 11.3. The van der Waals surface area contributed by atoms with Crippen molar-refractivity contribution >= 4 is 11.8 Å². The smallest absolute Gasteiger partial charge is 0.0429 e. The quantitative estimate of drug-likeness (QED) is 0.891. The maximum atomic E-state index is 3.65. The average molecular weight is 255 g/mol. The van der Waals surface area contributed by atoms with Crippen LogP contribution in [0.5, 0.6) is 0 Å². The van der Waals surface area contributed by atoms with Crippen LogP contribution in [0.25, 0.3) is 0 Å². The van der Waals surface area contributed by atoms with Gasteiger partial charge in [0.25, 0.3) is 0 Å². The molecule has 0 spiro atoms. The molecule has 0 saturated heterocycles. The van der Waals surface area contributed by atoms with Gasteiger partial charge in [-0.15, -0.1) is 11.8 Å². The fraction of sp³-hybridized carbons (Fsp3) is 0.250. The molecule has 0 bridgehead atoms. The summed E-state index contributed by atoms with van der Waals surface area (Å²) in [7, 11) is 0. The third kappa shape index (κ3) is 2.45. The zero-order valence-electron chi connectivity index (χ0n) is 10.5. The van der Waals surface area contributed by atoms with Gasteiger partial charge in [-0.05, 0) is 24.1 Å². The Bertz CT molecular complexity index is 533. The van der Waals surface area contributed by atoms with Gasteiger partial charge in [-0.2, -0.15) is 0 Å². The standard InChI is InChI=1S/C16H17NS/c1-12-6-8-13(9-7-12)10-17-15-11-18-16-5-3-2-4-14(15)16/h2-9,15,17H,10-11H2,1H3. The van der Waals surface area contributed by atoms with Crippen LogP contribution < -0.4 is 5.32 Å². The fourth-order valence-corrected chi connectivity index (χ4v) is 3.47. The Kier molecular flexibility index (Phi) is 3.39. The molecular weight excluding hydrogens is 238 g/mol. The second-order valence-corrected chi connectivity index (χ2v) is 5.83. The van der Waals surface area contributed by atoms with Crippen molar-refractivity contribution in [2.45, 2.75) is 24.4 Å². The highest BCUT2D eigenvalue weighted by molar-refractivity contribution is 7.99. The first-order valence-corrected chi connectivity index (χ1v) is 7.32. The first-order chi connectivity index (χ1) is 8.83. The third-order valence-electron chi connectivity index (χ3n) is 3.37. The molecule has 3 rings (SSSR count). The van der Waals surface area contributed by atoms with Crippen LogP contribution in [0.15, 0.2) is 53.4 Å².